The average molecular weight is 605 g/mol. The molecule has 2 heterocycles. The van der Waals surface area contributed by atoms with Crippen molar-refractivity contribution < 1.29 is 38.7 Å². The van der Waals surface area contributed by atoms with Gasteiger partial charge in [0.1, 0.15) is 24.2 Å². The lowest BCUT2D eigenvalue weighted by atomic mass is 10.0. The number of hydrogen-bond donors (Lipinski definition) is 9. The lowest BCUT2D eigenvalue weighted by Crippen LogP contribution is -2.59. The summed E-state index contributed by atoms with van der Waals surface area (Å²) in [6.07, 6.45) is 5.03. The van der Waals surface area contributed by atoms with Gasteiger partial charge in [0.15, 0.2) is 0 Å². The van der Waals surface area contributed by atoms with Crippen LogP contribution in [-0.2, 0) is 46.4 Å². The van der Waals surface area contributed by atoms with E-state index in [0.717, 1.165) is 0 Å². The number of aliphatic carboxylic acids is 1. The summed E-state index contributed by atoms with van der Waals surface area (Å²) in [6, 6.07) is -4.91. The molecule has 0 aliphatic rings. The van der Waals surface area contributed by atoms with Gasteiger partial charge in [0.2, 0.25) is 35.4 Å². The van der Waals surface area contributed by atoms with Gasteiger partial charge in [0, 0.05) is 43.5 Å². The number of aromatic amines is 2. The van der Waals surface area contributed by atoms with Gasteiger partial charge in [-0.15, -0.1) is 0 Å². The fraction of sp³-hybridized carbons (Fsp3) is 0.480. The topological polar surface area (TPSA) is 283 Å². The van der Waals surface area contributed by atoms with Crippen molar-refractivity contribution >= 4 is 41.4 Å². The van der Waals surface area contributed by atoms with Crippen molar-refractivity contribution in [2.75, 3.05) is 6.54 Å². The first-order chi connectivity index (χ1) is 20.3. The van der Waals surface area contributed by atoms with Crippen molar-refractivity contribution in [3.8, 4) is 0 Å². The Morgan fingerprint density at radius 2 is 1.35 bits per heavy atom. The zero-order valence-electron chi connectivity index (χ0n) is 23.8. The predicted molar refractivity (Wildman–Crippen MR) is 147 cm³/mol. The normalized spacial score (nSPS) is 13.6. The molecule has 0 aromatic carbocycles. The molecule has 0 fully saturated rings. The molecule has 0 radical (unpaired) electrons. The molecule has 0 aliphatic carbocycles. The fourth-order valence-corrected chi connectivity index (χ4v) is 3.88. The van der Waals surface area contributed by atoms with E-state index in [1.54, 1.807) is 13.8 Å². The number of primary amides is 1. The number of amides is 6. The van der Waals surface area contributed by atoms with Crippen LogP contribution in [0.3, 0.4) is 0 Å². The summed E-state index contributed by atoms with van der Waals surface area (Å²) >= 11 is 0. The molecule has 10 N–H and O–H groups in total. The van der Waals surface area contributed by atoms with Crippen LogP contribution < -0.4 is 32.3 Å². The van der Waals surface area contributed by atoms with Crippen LogP contribution in [0.4, 0.5) is 0 Å². The first-order valence-electron chi connectivity index (χ1n) is 13.2. The van der Waals surface area contributed by atoms with Gasteiger partial charge in [-0.25, -0.2) is 9.97 Å². The number of aromatic nitrogens is 4. The highest BCUT2D eigenvalue weighted by molar-refractivity contribution is 5.96. The minimum Gasteiger partial charge on any atom is -0.481 e. The van der Waals surface area contributed by atoms with Crippen LogP contribution in [0, 0.1) is 5.92 Å². The fourth-order valence-electron chi connectivity index (χ4n) is 3.88. The van der Waals surface area contributed by atoms with Crippen LogP contribution in [0.1, 0.15) is 38.6 Å². The van der Waals surface area contributed by atoms with E-state index in [1.165, 1.54) is 32.0 Å². The monoisotopic (exact) mass is 604 g/mol. The number of carboxylic acid groups (broad SMARTS) is 1. The molecule has 0 bridgehead atoms. The third kappa shape index (κ3) is 11.6. The van der Waals surface area contributed by atoms with Gasteiger partial charge in [-0.05, 0) is 5.92 Å². The molecule has 0 unspecified atom stereocenters. The molecule has 43 heavy (non-hydrogen) atoms. The Balaban J connectivity index is 2.13. The molecule has 0 spiro atoms. The summed E-state index contributed by atoms with van der Waals surface area (Å²) in [7, 11) is 0. The lowest BCUT2D eigenvalue weighted by molar-refractivity contribution is -0.140. The molecule has 6 amide bonds. The second kappa shape index (κ2) is 16.2. The van der Waals surface area contributed by atoms with Gasteiger partial charge in [-0.1, -0.05) is 13.8 Å². The van der Waals surface area contributed by atoms with E-state index in [4.69, 9.17) is 10.8 Å². The van der Waals surface area contributed by atoms with E-state index in [-0.39, 0.29) is 12.8 Å². The van der Waals surface area contributed by atoms with Crippen molar-refractivity contribution in [3.63, 3.8) is 0 Å². The molecule has 2 rings (SSSR count). The van der Waals surface area contributed by atoms with E-state index >= 15 is 0 Å². The molecule has 2 aromatic rings. The number of rotatable bonds is 17. The minimum absolute atomic E-state index is 0.0403. The number of carbonyl (C=O) groups is 7. The first-order valence-corrected chi connectivity index (χ1v) is 13.2. The van der Waals surface area contributed by atoms with E-state index in [2.05, 4.69) is 46.5 Å². The summed E-state index contributed by atoms with van der Waals surface area (Å²) in [5, 5.41) is 21.1. The van der Waals surface area contributed by atoms with Crippen molar-refractivity contribution in [2.45, 2.75) is 64.2 Å². The van der Waals surface area contributed by atoms with Crippen LogP contribution in [0.25, 0.3) is 0 Å². The molecule has 234 valence electrons. The van der Waals surface area contributed by atoms with Crippen LogP contribution in [0.15, 0.2) is 25.0 Å². The van der Waals surface area contributed by atoms with E-state index in [9.17, 15) is 33.6 Å². The van der Waals surface area contributed by atoms with Crippen molar-refractivity contribution in [1.29, 1.82) is 0 Å². The Labute approximate surface area is 245 Å². The third-order valence-electron chi connectivity index (χ3n) is 6.01. The largest absolute Gasteiger partial charge is 0.481 e. The Bertz CT molecular complexity index is 1280. The van der Waals surface area contributed by atoms with Gasteiger partial charge < -0.3 is 47.4 Å². The van der Waals surface area contributed by atoms with E-state index in [1.807, 2.05) is 0 Å². The summed E-state index contributed by atoms with van der Waals surface area (Å²) in [4.78, 5) is 99.3. The predicted octanol–water partition coefficient (Wildman–Crippen LogP) is -3.39. The highest BCUT2D eigenvalue weighted by Gasteiger charge is 2.32. The summed E-state index contributed by atoms with van der Waals surface area (Å²) in [6.45, 7) is 3.89. The summed E-state index contributed by atoms with van der Waals surface area (Å²) < 4.78 is 0. The van der Waals surface area contributed by atoms with Crippen molar-refractivity contribution in [2.24, 2.45) is 11.7 Å². The number of H-pyrrole nitrogens is 2. The number of carbonyl (C=O) groups excluding carboxylic acids is 6. The van der Waals surface area contributed by atoms with Crippen molar-refractivity contribution in [1.82, 2.24) is 46.5 Å². The molecule has 18 heteroatoms. The molecular weight excluding hydrogens is 568 g/mol. The second-order valence-corrected chi connectivity index (χ2v) is 9.94. The maximum absolute atomic E-state index is 13.4. The molecule has 0 saturated carbocycles. The van der Waals surface area contributed by atoms with Gasteiger partial charge in [-0.3, -0.25) is 33.6 Å². The van der Waals surface area contributed by atoms with Crippen LogP contribution >= 0.6 is 0 Å². The molecule has 2 aromatic heterocycles. The van der Waals surface area contributed by atoms with E-state index < -0.39 is 84.5 Å². The summed E-state index contributed by atoms with van der Waals surface area (Å²) in [5.74, 6) is -6.42. The summed E-state index contributed by atoms with van der Waals surface area (Å²) in [5.41, 5.74) is 6.17. The quantitative estimate of drug-likeness (QED) is 0.0863. The molecule has 0 saturated heterocycles. The maximum Gasteiger partial charge on any atom is 0.305 e. The lowest BCUT2D eigenvalue weighted by Gasteiger charge is -2.26. The van der Waals surface area contributed by atoms with Gasteiger partial charge >= 0.3 is 5.97 Å². The number of hydrogen-bond acceptors (Lipinski definition) is 9. The highest BCUT2D eigenvalue weighted by atomic mass is 16.4. The Hall–Kier alpha value is -5.29. The Morgan fingerprint density at radius 1 is 0.814 bits per heavy atom. The third-order valence-corrected chi connectivity index (χ3v) is 6.01. The zero-order valence-corrected chi connectivity index (χ0v) is 23.8. The highest BCUT2D eigenvalue weighted by Crippen LogP contribution is 2.07. The van der Waals surface area contributed by atoms with Gasteiger partial charge in [0.05, 0.1) is 25.6 Å². The second-order valence-electron chi connectivity index (χ2n) is 9.94. The smallest absolute Gasteiger partial charge is 0.305 e. The molecular formula is C25H36N10O8. The maximum atomic E-state index is 13.4. The molecule has 18 nitrogen and oxygen atoms in total. The minimum atomic E-state index is -1.48. The van der Waals surface area contributed by atoms with Crippen LogP contribution in [0.2, 0.25) is 0 Å². The number of nitrogens with two attached hydrogens (primary N) is 1. The Morgan fingerprint density at radius 3 is 1.79 bits per heavy atom. The number of carboxylic acids is 1. The zero-order chi connectivity index (χ0) is 32.1. The number of imidazole rings is 2. The standard InChI is InChI=1S/C25H36N10O8/c1-12(2)21(25(43)29-9-19(37)33-16(22(26)40)6-20(38)39)35-24(42)18(5-15-8-28-11-31-15)34-23(41)17(32-13(3)36)4-14-7-27-10-30-14/h7-8,10-12,16-18,21H,4-6,9H2,1-3H3,(H2,26,40)(H,27,30)(H,28,31)(H,29,43)(H,32,36)(H,33,37)(H,34,41)(H,35,42)(H,38,39)/t16-,17-,18-,21-/m0/s1. The number of nitrogens with one attached hydrogen (secondary N) is 7. The van der Waals surface area contributed by atoms with Gasteiger partial charge in [0.25, 0.3) is 0 Å². The van der Waals surface area contributed by atoms with Gasteiger partial charge in [-0.2, -0.15) is 0 Å². The van der Waals surface area contributed by atoms with Crippen molar-refractivity contribution in [3.05, 3.63) is 36.4 Å². The number of nitrogens with zero attached hydrogens (tertiary/aromatic N) is 2. The van der Waals surface area contributed by atoms with E-state index in [0.29, 0.717) is 11.4 Å². The average Bonchev–Trinajstić information content (AvgIpc) is 3.63. The molecule has 0 aliphatic heterocycles. The Kier molecular flexibility index (Phi) is 12.8. The van der Waals surface area contributed by atoms with Crippen LogP contribution in [0.5, 0.6) is 0 Å². The SMILES string of the molecule is CC(=O)N[C@@H](Cc1cnc[nH]1)C(=O)N[C@@H](Cc1cnc[nH]1)C(=O)N[C@H](C(=O)NCC(=O)N[C@@H](CC(=O)O)C(N)=O)C(C)C. The first kappa shape index (κ1) is 33.9. The molecule has 4 atom stereocenters. The van der Waals surface area contributed by atoms with Crippen LogP contribution in [-0.4, -0.2) is 97.2 Å².